The maximum atomic E-state index is 14.1. The first-order valence-electron chi connectivity index (χ1n) is 11.2. The number of ether oxygens (including phenoxy) is 3. The fourth-order valence-corrected chi connectivity index (χ4v) is 6.58. The number of esters is 2. The maximum Gasteiger partial charge on any atom is 0.331 e. The molecule has 2 rings (SSSR count). The summed E-state index contributed by atoms with van der Waals surface area (Å²) in [6.45, 7) is 10.9. The molecule has 0 saturated heterocycles. The molecule has 0 N–H and O–H groups in total. The lowest BCUT2D eigenvalue weighted by molar-refractivity contribution is -0.144. The molecular formula is C24H33IN2O7S. The zero-order chi connectivity index (χ0) is 26.6. The van der Waals surface area contributed by atoms with Crippen molar-refractivity contribution in [2.75, 3.05) is 19.8 Å². The smallest absolute Gasteiger partial charge is 0.331 e. The number of benzene rings is 1. The van der Waals surface area contributed by atoms with Gasteiger partial charge >= 0.3 is 11.9 Å². The lowest BCUT2D eigenvalue weighted by Crippen LogP contribution is -2.30. The summed E-state index contributed by atoms with van der Waals surface area (Å²) >= 11 is 1.91. The van der Waals surface area contributed by atoms with Crippen molar-refractivity contribution in [2.45, 2.75) is 57.1 Å². The van der Waals surface area contributed by atoms with Gasteiger partial charge in [-0.3, -0.25) is 14.3 Å². The minimum Gasteiger partial charge on any atom is -0.472 e. The SMILES string of the molecule is CC(=O)OCCOc1nn(C)c(C(C(=O)OCC(C)C)S(=O)(=O)c2ccccc2C(C)(C)C)c1I. The maximum absolute atomic E-state index is 14.1. The number of aromatic nitrogens is 2. The van der Waals surface area contributed by atoms with Gasteiger partial charge in [-0.2, -0.15) is 0 Å². The van der Waals surface area contributed by atoms with Crippen LogP contribution in [0.3, 0.4) is 0 Å². The zero-order valence-corrected chi connectivity index (χ0v) is 24.1. The minimum absolute atomic E-state index is 0.00837. The molecule has 0 aliphatic carbocycles. The molecule has 1 atom stereocenters. The second-order valence-corrected chi connectivity index (χ2v) is 12.6. The van der Waals surface area contributed by atoms with Crippen molar-refractivity contribution < 1.29 is 32.2 Å². The van der Waals surface area contributed by atoms with E-state index in [2.05, 4.69) is 5.10 Å². The number of aryl methyl sites for hydroxylation is 1. The number of carbonyl (C=O) groups is 2. The molecule has 2 aromatic rings. The fourth-order valence-electron chi connectivity index (χ4n) is 3.36. The summed E-state index contributed by atoms with van der Waals surface area (Å²) < 4.78 is 45.8. The van der Waals surface area contributed by atoms with Crippen LogP contribution in [0.4, 0.5) is 0 Å². The Balaban J connectivity index is 2.61. The Labute approximate surface area is 220 Å². The van der Waals surface area contributed by atoms with E-state index in [9.17, 15) is 18.0 Å². The third-order valence-corrected chi connectivity index (χ3v) is 7.98. The number of hydrogen-bond acceptors (Lipinski definition) is 8. The molecule has 0 bridgehead atoms. The van der Waals surface area contributed by atoms with Gasteiger partial charge in [0.25, 0.3) is 0 Å². The summed E-state index contributed by atoms with van der Waals surface area (Å²) in [5, 5.41) is 2.63. The van der Waals surface area contributed by atoms with Gasteiger partial charge in [0.1, 0.15) is 13.2 Å². The molecule has 1 heterocycles. The summed E-state index contributed by atoms with van der Waals surface area (Å²) in [4.78, 5) is 24.4. The van der Waals surface area contributed by atoms with Gasteiger partial charge < -0.3 is 14.2 Å². The summed E-state index contributed by atoms with van der Waals surface area (Å²) in [6.07, 6.45) is 0. The highest BCUT2D eigenvalue weighted by molar-refractivity contribution is 14.1. The third kappa shape index (κ3) is 7.18. The van der Waals surface area contributed by atoms with Crippen LogP contribution in [0.5, 0.6) is 5.88 Å². The number of rotatable bonds is 10. The molecule has 194 valence electrons. The fraction of sp³-hybridized carbons (Fsp3) is 0.542. The number of sulfone groups is 1. The highest BCUT2D eigenvalue weighted by Crippen LogP contribution is 2.39. The standard InChI is InChI=1S/C24H33IN2O7S/c1-15(2)14-34-23(29)21(35(30,31)18-11-9-8-10-17(18)24(4,5)6)20-19(25)22(26-27(20)7)33-13-12-32-16(3)28/h8-11,15,21H,12-14H2,1-7H3. The third-order valence-electron chi connectivity index (χ3n) is 4.96. The van der Waals surface area contributed by atoms with E-state index in [0.717, 1.165) is 0 Å². The average Bonchev–Trinajstić information content (AvgIpc) is 3.02. The normalized spacial score (nSPS) is 12.9. The Hall–Kier alpha value is -2.15. The second-order valence-electron chi connectivity index (χ2n) is 9.51. The van der Waals surface area contributed by atoms with Crippen LogP contribution in [0.15, 0.2) is 29.2 Å². The first-order valence-corrected chi connectivity index (χ1v) is 13.8. The van der Waals surface area contributed by atoms with E-state index in [1.807, 2.05) is 57.2 Å². The molecule has 1 aromatic carbocycles. The van der Waals surface area contributed by atoms with E-state index in [1.165, 1.54) is 17.7 Å². The monoisotopic (exact) mass is 620 g/mol. The van der Waals surface area contributed by atoms with Crippen molar-refractivity contribution in [2.24, 2.45) is 13.0 Å². The quantitative estimate of drug-likeness (QED) is 0.223. The number of hydrogen-bond donors (Lipinski definition) is 0. The molecule has 0 amide bonds. The Bertz CT molecular complexity index is 1170. The highest BCUT2D eigenvalue weighted by Gasteiger charge is 2.43. The van der Waals surface area contributed by atoms with Crippen molar-refractivity contribution in [3.8, 4) is 5.88 Å². The molecule has 0 saturated carbocycles. The number of nitrogens with zero attached hydrogens (tertiary/aromatic N) is 2. The van der Waals surface area contributed by atoms with E-state index in [-0.39, 0.29) is 42.2 Å². The van der Waals surface area contributed by atoms with Crippen LogP contribution in [0.2, 0.25) is 0 Å². The first-order chi connectivity index (χ1) is 16.2. The van der Waals surface area contributed by atoms with E-state index in [0.29, 0.717) is 9.13 Å². The largest absolute Gasteiger partial charge is 0.472 e. The summed E-state index contributed by atoms with van der Waals surface area (Å²) in [7, 11) is -2.70. The Morgan fingerprint density at radius 2 is 1.74 bits per heavy atom. The predicted molar refractivity (Wildman–Crippen MR) is 139 cm³/mol. The molecule has 0 aliphatic rings. The van der Waals surface area contributed by atoms with Gasteiger partial charge in [-0.15, -0.1) is 5.10 Å². The minimum atomic E-state index is -4.25. The van der Waals surface area contributed by atoms with Crippen LogP contribution in [-0.4, -0.2) is 50.0 Å². The van der Waals surface area contributed by atoms with Gasteiger partial charge in [0.15, 0.2) is 9.84 Å². The molecule has 35 heavy (non-hydrogen) atoms. The Morgan fingerprint density at radius 1 is 1.11 bits per heavy atom. The Kier molecular flexibility index (Phi) is 9.74. The van der Waals surface area contributed by atoms with Crippen molar-refractivity contribution >= 4 is 44.4 Å². The molecule has 1 aromatic heterocycles. The highest BCUT2D eigenvalue weighted by atomic mass is 127. The molecule has 0 aliphatic heterocycles. The number of halogens is 1. The molecular weight excluding hydrogens is 587 g/mol. The van der Waals surface area contributed by atoms with Crippen LogP contribution < -0.4 is 4.74 Å². The summed E-state index contributed by atoms with van der Waals surface area (Å²) in [5.74, 6) is -1.16. The van der Waals surface area contributed by atoms with Crippen molar-refractivity contribution in [3.05, 3.63) is 39.1 Å². The van der Waals surface area contributed by atoms with Gasteiger partial charge in [-0.25, -0.2) is 8.42 Å². The van der Waals surface area contributed by atoms with Crippen molar-refractivity contribution in [1.82, 2.24) is 9.78 Å². The van der Waals surface area contributed by atoms with E-state index < -0.39 is 32.4 Å². The van der Waals surface area contributed by atoms with Gasteiger partial charge in [0, 0.05) is 14.0 Å². The first kappa shape index (κ1) is 29.1. The van der Waals surface area contributed by atoms with Crippen LogP contribution in [0, 0.1) is 9.49 Å². The second kappa shape index (κ2) is 11.7. The molecule has 0 fully saturated rings. The molecule has 0 spiro atoms. The molecule has 0 radical (unpaired) electrons. The number of carbonyl (C=O) groups excluding carboxylic acids is 2. The topological polar surface area (TPSA) is 114 Å². The molecule has 9 nitrogen and oxygen atoms in total. The van der Waals surface area contributed by atoms with E-state index >= 15 is 0 Å². The Morgan fingerprint density at radius 3 is 2.31 bits per heavy atom. The predicted octanol–water partition coefficient (Wildman–Crippen LogP) is 3.98. The van der Waals surface area contributed by atoms with Crippen LogP contribution >= 0.6 is 22.6 Å². The van der Waals surface area contributed by atoms with Crippen molar-refractivity contribution in [3.63, 3.8) is 0 Å². The van der Waals surface area contributed by atoms with Crippen LogP contribution in [0.1, 0.15) is 58.0 Å². The van der Waals surface area contributed by atoms with Crippen LogP contribution in [0.25, 0.3) is 0 Å². The molecule has 11 heteroatoms. The van der Waals surface area contributed by atoms with Gasteiger partial charge in [0.05, 0.1) is 20.8 Å². The van der Waals surface area contributed by atoms with Gasteiger partial charge in [-0.05, 0) is 45.6 Å². The average molecular weight is 621 g/mol. The summed E-state index contributed by atoms with van der Waals surface area (Å²) in [5.41, 5.74) is 0.253. The molecule has 1 unspecified atom stereocenters. The van der Waals surface area contributed by atoms with Crippen molar-refractivity contribution in [1.29, 1.82) is 0 Å². The van der Waals surface area contributed by atoms with E-state index in [1.54, 1.807) is 25.2 Å². The summed E-state index contributed by atoms with van der Waals surface area (Å²) in [6, 6.07) is 6.67. The van der Waals surface area contributed by atoms with Gasteiger partial charge in [-0.1, -0.05) is 52.8 Å². The van der Waals surface area contributed by atoms with Crippen LogP contribution in [-0.2, 0) is 41.4 Å². The lowest BCUT2D eigenvalue weighted by atomic mass is 9.87. The zero-order valence-electron chi connectivity index (χ0n) is 21.1. The van der Waals surface area contributed by atoms with Gasteiger partial charge in [0.2, 0.25) is 11.1 Å². The van der Waals surface area contributed by atoms with E-state index in [4.69, 9.17) is 14.2 Å². The lowest BCUT2D eigenvalue weighted by Gasteiger charge is -2.25.